The average molecular weight is 257 g/mol. The molecule has 1 aromatic carbocycles. The van der Waals surface area contributed by atoms with E-state index < -0.39 is 11.6 Å². The van der Waals surface area contributed by atoms with Gasteiger partial charge in [0.1, 0.15) is 11.6 Å². The Hall–Kier alpha value is -1.00. The molecule has 0 fully saturated rings. The van der Waals surface area contributed by atoms with E-state index in [1.807, 2.05) is 6.92 Å². The van der Waals surface area contributed by atoms with E-state index in [9.17, 15) is 8.78 Å². The van der Waals surface area contributed by atoms with Crippen LogP contribution in [0.15, 0.2) is 12.1 Å². The van der Waals surface area contributed by atoms with Gasteiger partial charge in [-0.3, -0.25) is 0 Å². The lowest BCUT2D eigenvalue weighted by molar-refractivity contribution is 0.149. The van der Waals surface area contributed by atoms with Gasteiger partial charge >= 0.3 is 0 Å². The molecule has 0 aromatic heterocycles. The third-order valence-corrected chi connectivity index (χ3v) is 3.11. The molecule has 0 saturated heterocycles. The molecule has 2 atom stereocenters. The topological polar surface area (TPSA) is 21.3 Å². The van der Waals surface area contributed by atoms with E-state index in [2.05, 4.69) is 5.32 Å². The number of methoxy groups -OCH3 is 1. The molecular weight excluding hydrogens is 236 g/mol. The molecule has 0 heterocycles. The summed E-state index contributed by atoms with van der Waals surface area (Å²) in [6, 6.07) is 2.44. The molecule has 0 saturated carbocycles. The van der Waals surface area contributed by atoms with Gasteiger partial charge in [0.2, 0.25) is 0 Å². The second kappa shape index (κ2) is 6.81. The fourth-order valence-electron chi connectivity index (χ4n) is 2.13. The minimum Gasteiger partial charge on any atom is -0.384 e. The molecule has 0 spiro atoms. The first-order valence-corrected chi connectivity index (χ1v) is 6.12. The zero-order valence-electron chi connectivity index (χ0n) is 11.4. The minimum atomic E-state index is -0.498. The Morgan fingerprint density at radius 3 is 2.56 bits per heavy atom. The average Bonchev–Trinajstić information content (AvgIpc) is 2.33. The van der Waals surface area contributed by atoms with Gasteiger partial charge in [-0.25, -0.2) is 8.78 Å². The maximum absolute atomic E-state index is 14.0. The summed E-state index contributed by atoms with van der Waals surface area (Å²) in [5.74, 6) is -0.729. The molecule has 1 rings (SSSR count). The monoisotopic (exact) mass is 257 g/mol. The van der Waals surface area contributed by atoms with Crippen LogP contribution >= 0.6 is 0 Å². The van der Waals surface area contributed by atoms with Crippen LogP contribution in [0.2, 0.25) is 0 Å². The van der Waals surface area contributed by atoms with Crippen LogP contribution in [0.3, 0.4) is 0 Å². The highest BCUT2D eigenvalue weighted by Crippen LogP contribution is 2.27. The molecule has 0 aliphatic heterocycles. The molecule has 1 aromatic rings. The van der Waals surface area contributed by atoms with Gasteiger partial charge in [0.25, 0.3) is 0 Å². The van der Waals surface area contributed by atoms with Gasteiger partial charge in [0, 0.05) is 25.3 Å². The normalized spacial score (nSPS) is 14.6. The first-order valence-electron chi connectivity index (χ1n) is 6.12. The van der Waals surface area contributed by atoms with Gasteiger partial charge in [-0.15, -0.1) is 0 Å². The van der Waals surface area contributed by atoms with Crippen molar-refractivity contribution in [2.24, 2.45) is 5.92 Å². The maximum Gasteiger partial charge on any atom is 0.133 e. The van der Waals surface area contributed by atoms with Crippen molar-refractivity contribution in [3.05, 3.63) is 34.9 Å². The first-order chi connectivity index (χ1) is 8.51. The molecule has 18 heavy (non-hydrogen) atoms. The Morgan fingerprint density at radius 1 is 1.33 bits per heavy atom. The van der Waals surface area contributed by atoms with Crippen LogP contribution in [0.1, 0.15) is 30.5 Å². The molecule has 0 amide bonds. The van der Waals surface area contributed by atoms with Crippen LogP contribution in [0.4, 0.5) is 8.78 Å². The second-order valence-electron chi connectivity index (χ2n) is 4.73. The first kappa shape index (κ1) is 15.1. The summed E-state index contributed by atoms with van der Waals surface area (Å²) in [7, 11) is 3.34. The van der Waals surface area contributed by atoms with E-state index in [4.69, 9.17) is 4.74 Å². The van der Waals surface area contributed by atoms with Gasteiger partial charge in [0.05, 0.1) is 0 Å². The number of benzene rings is 1. The number of nitrogens with one attached hydrogen (secondary N) is 1. The Balaban J connectivity index is 2.98. The number of aryl methyl sites for hydroxylation is 1. The quantitative estimate of drug-likeness (QED) is 0.845. The SMILES string of the molecule is CNC(CC(C)COC)c1c(F)ccc(C)c1F. The van der Waals surface area contributed by atoms with Crippen LogP contribution in [0, 0.1) is 24.5 Å². The molecule has 0 radical (unpaired) electrons. The smallest absolute Gasteiger partial charge is 0.133 e. The third-order valence-electron chi connectivity index (χ3n) is 3.11. The maximum atomic E-state index is 14.0. The lowest BCUT2D eigenvalue weighted by Crippen LogP contribution is -2.23. The predicted molar refractivity (Wildman–Crippen MR) is 68.6 cm³/mol. The van der Waals surface area contributed by atoms with Crippen molar-refractivity contribution in [3.63, 3.8) is 0 Å². The van der Waals surface area contributed by atoms with Gasteiger partial charge in [-0.05, 0) is 37.9 Å². The lowest BCUT2D eigenvalue weighted by Gasteiger charge is -2.22. The molecule has 2 nitrogen and oxygen atoms in total. The minimum absolute atomic E-state index is 0.125. The molecule has 0 aliphatic rings. The number of hydrogen-bond acceptors (Lipinski definition) is 2. The summed E-state index contributed by atoms with van der Waals surface area (Å²) in [5.41, 5.74) is 0.589. The van der Waals surface area contributed by atoms with Gasteiger partial charge < -0.3 is 10.1 Å². The fourth-order valence-corrected chi connectivity index (χ4v) is 2.13. The van der Waals surface area contributed by atoms with Gasteiger partial charge in [0.15, 0.2) is 0 Å². The van der Waals surface area contributed by atoms with E-state index in [1.54, 1.807) is 21.1 Å². The van der Waals surface area contributed by atoms with Crippen LogP contribution in [0.5, 0.6) is 0 Å². The van der Waals surface area contributed by atoms with Crippen molar-refractivity contribution in [2.45, 2.75) is 26.3 Å². The highest BCUT2D eigenvalue weighted by atomic mass is 19.1. The predicted octanol–water partition coefficient (Wildman–Crippen LogP) is 3.21. The zero-order valence-corrected chi connectivity index (χ0v) is 11.4. The third kappa shape index (κ3) is 3.50. The second-order valence-corrected chi connectivity index (χ2v) is 4.73. The highest BCUT2D eigenvalue weighted by molar-refractivity contribution is 5.29. The van der Waals surface area contributed by atoms with Crippen LogP contribution in [-0.4, -0.2) is 20.8 Å². The summed E-state index contributed by atoms with van der Waals surface area (Å²) in [6.45, 7) is 4.22. The Labute approximate surface area is 107 Å². The standard InChI is InChI=1S/C14H21F2NO/c1-9(8-18-4)7-12(17-3)13-11(15)6-5-10(2)14(13)16/h5-6,9,12,17H,7-8H2,1-4H3. The Morgan fingerprint density at radius 2 is 2.00 bits per heavy atom. The van der Waals surface area contributed by atoms with Gasteiger partial charge in [-0.1, -0.05) is 13.0 Å². The van der Waals surface area contributed by atoms with E-state index >= 15 is 0 Å². The molecule has 0 bridgehead atoms. The Kier molecular flexibility index (Phi) is 5.69. The molecular formula is C14H21F2NO. The molecule has 1 N–H and O–H groups in total. The number of ether oxygens (including phenoxy) is 1. The van der Waals surface area contributed by atoms with Crippen molar-refractivity contribution in [1.82, 2.24) is 5.32 Å². The van der Waals surface area contributed by atoms with E-state index in [0.717, 1.165) is 0 Å². The van der Waals surface area contributed by atoms with Crippen molar-refractivity contribution in [1.29, 1.82) is 0 Å². The fraction of sp³-hybridized carbons (Fsp3) is 0.571. The van der Waals surface area contributed by atoms with Crippen molar-refractivity contribution < 1.29 is 13.5 Å². The van der Waals surface area contributed by atoms with Gasteiger partial charge in [-0.2, -0.15) is 0 Å². The highest BCUT2D eigenvalue weighted by Gasteiger charge is 2.22. The van der Waals surface area contributed by atoms with E-state index in [1.165, 1.54) is 12.1 Å². The number of hydrogen-bond donors (Lipinski definition) is 1. The largest absolute Gasteiger partial charge is 0.384 e. The van der Waals surface area contributed by atoms with Crippen LogP contribution in [0.25, 0.3) is 0 Å². The Bertz CT molecular complexity index is 396. The summed E-state index contributed by atoms with van der Waals surface area (Å²) in [5, 5.41) is 2.98. The molecule has 4 heteroatoms. The van der Waals surface area contributed by atoms with Crippen molar-refractivity contribution in [2.75, 3.05) is 20.8 Å². The van der Waals surface area contributed by atoms with Crippen molar-refractivity contribution >= 4 is 0 Å². The summed E-state index contributed by atoms with van der Waals surface area (Å²) in [6.07, 6.45) is 0.627. The van der Waals surface area contributed by atoms with E-state index in [-0.39, 0.29) is 17.5 Å². The summed E-state index contributed by atoms with van der Waals surface area (Å²) in [4.78, 5) is 0. The van der Waals surface area contributed by atoms with Crippen LogP contribution < -0.4 is 5.32 Å². The summed E-state index contributed by atoms with van der Waals surface area (Å²) >= 11 is 0. The number of rotatable bonds is 6. The molecule has 2 unspecified atom stereocenters. The van der Waals surface area contributed by atoms with Crippen molar-refractivity contribution in [3.8, 4) is 0 Å². The number of halogens is 2. The molecule has 0 aliphatic carbocycles. The molecule has 102 valence electrons. The van der Waals surface area contributed by atoms with Crippen LogP contribution in [-0.2, 0) is 4.74 Å². The lowest BCUT2D eigenvalue weighted by atomic mass is 9.94. The zero-order chi connectivity index (χ0) is 13.7. The summed E-state index contributed by atoms with van der Waals surface area (Å²) < 4.78 is 32.9. The van der Waals surface area contributed by atoms with E-state index in [0.29, 0.717) is 18.6 Å².